The number of benzene rings is 1. The van der Waals surface area contributed by atoms with Crippen LogP contribution in [0.2, 0.25) is 0 Å². The molecule has 26 heavy (non-hydrogen) atoms. The number of ether oxygens (including phenoxy) is 1. The first-order chi connectivity index (χ1) is 12.0. The minimum Gasteiger partial charge on any atom is -0.444 e. The molecule has 1 amide bonds. The van der Waals surface area contributed by atoms with E-state index in [0.717, 1.165) is 0 Å². The van der Waals surface area contributed by atoms with Gasteiger partial charge in [-0.15, -0.1) is 0 Å². The lowest BCUT2D eigenvalue weighted by molar-refractivity contribution is 0.0178. The molecule has 1 heterocycles. The van der Waals surface area contributed by atoms with E-state index in [1.54, 1.807) is 38.8 Å². The second-order valence-electron chi connectivity index (χ2n) is 7.61. The van der Waals surface area contributed by atoms with Gasteiger partial charge in [0.05, 0.1) is 5.75 Å². The fraction of sp³-hybridized carbons (Fsp3) is 0.611. The van der Waals surface area contributed by atoms with Crippen molar-refractivity contribution in [1.82, 2.24) is 9.21 Å². The van der Waals surface area contributed by atoms with Crippen molar-refractivity contribution in [3.05, 3.63) is 35.6 Å². The van der Waals surface area contributed by atoms with Crippen LogP contribution >= 0.6 is 0 Å². The van der Waals surface area contributed by atoms with E-state index in [4.69, 9.17) is 4.74 Å². The second kappa shape index (κ2) is 7.92. The third-order valence-corrected chi connectivity index (χ3v) is 6.13. The van der Waals surface area contributed by atoms with Crippen molar-refractivity contribution in [1.29, 1.82) is 0 Å². The molecule has 8 heteroatoms. The Bertz CT molecular complexity index is 738. The quantitative estimate of drug-likeness (QED) is 0.798. The standard InChI is InChI=1S/C18H27FN2O4S/c1-18(2,3)25-17(22)20(4)16-8-10-21(11-9-16)26(23,24)13-14-6-5-7-15(19)12-14/h5-7,12,16H,8-11,13H2,1-4H3. The molecule has 0 bridgehead atoms. The molecule has 1 aliphatic heterocycles. The van der Waals surface area contributed by atoms with Gasteiger partial charge in [0.25, 0.3) is 0 Å². The normalized spacial score (nSPS) is 17.1. The maximum Gasteiger partial charge on any atom is 0.410 e. The molecule has 6 nitrogen and oxygen atoms in total. The van der Waals surface area contributed by atoms with Gasteiger partial charge < -0.3 is 9.64 Å². The third kappa shape index (κ3) is 5.67. The van der Waals surface area contributed by atoms with Crippen molar-refractivity contribution in [3.63, 3.8) is 0 Å². The number of sulfonamides is 1. The first kappa shape index (κ1) is 20.6. The van der Waals surface area contributed by atoms with Crippen molar-refractivity contribution < 1.29 is 22.3 Å². The van der Waals surface area contributed by atoms with Crippen LogP contribution in [-0.2, 0) is 20.5 Å². The van der Waals surface area contributed by atoms with E-state index < -0.39 is 27.5 Å². The van der Waals surface area contributed by atoms with Crippen molar-refractivity contribution >= 4 is 16.1 Å². The lowest BCUT2D eigenvalue weighted by atomic mass is 10.1. The van der Waals surface area contributed by atoms with Gasteiger partial charge in [-0.3, -0.25) is 0 Å². The molecule has 1 saturated heterocycles. The molecule has 1 aromatic rings. The highest BCUT2D eigenvalue weighted by Gasteiger charge is 2.32. The summed E-state index contributed by atoms with van der Waals surface area (Å²) in [6.07, 6.45) is 0.676. The first-order valence-electron chi connectivity index (χ1n) is 8.66. The number of carbonyl (C=O) groups is 1. The number of nitrogens with zero attached hydrogens (tertiary/aromatic N) is 2. The first-order valence-corrected chi connectivity index (χ1v) is 10.3. The number of carbonyl (C=O) groups excluding carboxylic acids is 1. The van der Waals surface area contributed by atoms with E-state index in [1.807, 2.05) is 0 Å². The highest BCUT2D eigenvalue weighted by atomic mass is 32.2. The van der Waals surface area contributed by atoms with Gasteiger partial charge in [-0.25, -0.2) is 21.9 Å². The number of halogens is 1. The molecule has 0 atom stereocenters. The molecule has 0 N–H and O–H groups in total. The van der Waals surface area contributed by atoms with E-state index in [9.17, 15) is 17.6 Å². The Kier molecular flexibility index (Phi) is 6.29. The number of hydrogen-bond donors (Lipinski definition) is 0. The fourth-order valence-corrected chi connectivity index (χ4v) is 4.47. The Balaban J connectivity index is 1.93. The number of hydrogen-bond acceptors (Lipinski definition) is 4. The Morgan fingerprint density at radius 3 is 2.46 bits per heavy atom. The number of piperidine rings is 1. The molecule has 2 rings (SSSR count). The van der Waals surface area contributed by atoms with Gasteiger partial charge in [-0.2, -0.15) is 0 Å². The molecule has 0 aromatic heterocycles. The van der Waals surface area contributed by atoms with Crippen molar-refractivity contribution in [2.24, 2.45) is 0 Å². The average molecular weight is 386 g/mol. The lowest BCUT2D eigenvalue weighted by Gasteiger charge is -2.36. The van der Waals surface area contributed by atoms with E-state index in [2.05, 4.69) is 0 Å². The molecule has 1 aliphatic rings. The molecule has 0 saturated carbocycles. The van der Waals surface area contributed by atoms with Crippen molar-refractivity contribution in [2.75, 3.05) is 20.1 Å². The minimum atomic E-state index is -3.52. The van der Waals surface area contributed by atoms with Crippen LogP contribution in [0.4, 0.5) is 9.18 Å². The van der Waals surface area contributed by atoms with Crippen LogP contribution < -0.4 is 0 Å². The maximum atomic E-state index is 13.3. The highest BCUT2D eigenvalue weighted by Crippen LogP contribution is 2.22. The summed E-state index contributed by atoms with van der Waals surface area (Å²) >= 11 is 0. The van der Waals surface area contributed by atoms with E-state index in [1.165, 1.54) is 22.5 Å². The zero-order valence-electron chi connectivity index (χ0n) is 15.7. The molecule has 0 unspecified atom stereocenters. The predicted molar refractivity (Wildman–Crippen MR) is 97.6 cm³/mol. The summed E-state index contributed by atoms with van der Waals surface area (Å²) in [7, 11) is -1.84. The third-order valence-electron chi connectivity index (χ3n) is 4.28. The maximum absolute atomic E-state index is 13.3. The van der Waals surface area contributed by atoms with E-state index in [0.29, 0.717) is 31.5 Å². The molecule has 1 fully saturated rings. The highest BCUT2D eigenvalue weighted by molar-refractivity contribution is 7.88. The van der Waals surface area contributed by atoms with Gasteiger partial charge in [0.1, 0.15) is 11.4 Å². The van der Waals surface area contributed by atoms with E-state index >= 15 is 0 Å². The zero-order chi connectivity index (χ0) is 19.5. The molecule has 1 aromatic carbocycles. The average Bonchev–Trinajstić information content (AvgIpc) is 2.52. The Morgan fingerprint density at radius 2 is 1.92 bits per heavy atom. The summed E-state index contributed by atoms with van der Waals surface area (Å²) in [6.45, 7) is 6.08. The smallest absolute Gasteiger partial charge is 0.410 e. The summed E-state index contributed by atoms with van der Waals surface area (Å²) in [4.78, 5) is 13.7. The van der Waals surface area contributed by atoms with Crippen LogP contribution in [0.3, 0.4) is 0 Å². The van der Waals surface area contributed by atoms with Crippen molar-refractivity contribution in [3.8, 4) is 0 Å². The number of rotatable bonds is 4. The Hall–Kier alpha value is -1.67. The molecular weight excluding hydrogens is 359 g/mol. The summed E-state index contributed by atoms with van der Waals surface area (Å²) < 4.78 is 45.2. The lowest BCUT2D eigenvalue weighted by Crippen LogP contribution is -2.48. The van der Waals surface area contributed by atoms with E-state index in [-0.39, 0.29) is 11.8 Å². The van der Waals surface area contributed by atoms with Gasteiger partial charge in [-0.1, -0.05) is 12.1 Å². The van der Waals surface area contributed by atoms with Crippen LogP contribution in [0, 0.1) is 5.82 Å². The van der Waals surface area contributed by atoms with Gasteiger partial charge >= 0.3 is 6.09 Å². The topological polar surface area (TPSA) is 66.9 Å². The molecule has 0 aliphatic carbocycles. The van der Waals surface area contributed by atoms with Crippen LogP contribution in [0.15, 0.2) is 24.3 Å². The monoisotopic (exact) mass is 386 g/mol. The van der Waals surface area contributed by atoms with Gasteiger partial charge in [0, 0.05) is 26.2 Å². The van der Waals surface area contributed by atoms with Crippen LogP contribution in [0.25, 0.3) is 0 Å². The summed E-state index contributed by atoms with van der Waals surface area (Å²) in [5.74, 6) is -0.674. The molecule has 0 radical (unpaired) electrons. The second-order valence-corrected chi connectivity index (χ2v) is 9.58. The SMILES string of the molecule is CN(C(=O)OC(C)(C)C)C1CCN(S(=O)(=O)Cc2cccc(F)c2)CC1. The number of amides is 1. The summed E-state index contributed by atoms with van der Waals surface area (Å²) in [5.41, 5.74) is -0.140. The van der Waals surface area contributed by atoms with Gasteiger partial charge in [0.2, 0.25) is 10.0 Å². The Morgan fingerprint density at radius 1 is 1.31 bits per heavy atom. The molecular formula is C18H27FN2O4S. The molecule has 146 valence electrons. The Labute approximate surface area is 155 Å². The largest absolute Gasteiger partial charge is 0.444 e. The van der Waals surface area contributed by atoms with Crippen molar-refractivity contribution in [2.45, 2.75) is 51.0 Å². The summed E-state index contributed by atoms with van der Waals surface area (Å²) in [5, 5.41) is 0. The zero-order valence-corrected chi connectivity index (χ0v) is 16.6. The minimum absolute atomic E-state index is 0.0644. The van der Waals surface area contributed by atoms with Crippen LogP contribution in [0.1, 0.15) is 39.2 Å². The fourth-order valence-electron chi connectivity index (χ4n) is 2.92. The molecule has 0 spiro atoms. The van der Waals surface area contributed by atoms with Crippen LogP contribution in [-0.4, -0.2) is 55.5 Å². The van der Waals surface area contributed by atoms with Crippen LogP contribution in [0.5, 0.6) is 0 Å². The predicted octanol–water partition coefficient (Wildman–Crippen LogP) is 2.99. The van der Waals surface area contributed by atoms with Gasteiger partial charge in [0.15, 0.2) is 0 Å². The van der Waals surface area contributed by atoms with Gasteiger partial charge in [-0.05, 0) is 51.3 Å². The summed E-state index contributed by atoms with van der Waals surface area (Å²) in [6, 6.07) is 5.56.